The standard InChI is InChI=1S/C30H27ClN4O5S/c1-21(22-8-7-11-25(19-22)32-30(37)23-9-6-10-24(31)18-23)33-34-29(36)20-35(41(2,38)39)26-14-16-28(17-15-26)40-27-12-4-3-5-13-27/h3-19H,20H2,1-2H3,(H,32,37)(H,34,36)/b33-21-. The number of hydrogen-bond acceptors (Lipinski definition) is 6. The zero-order chi connectivity index (χ0) is 29.4. The lowest BCUT2D eigenvalue weighted by Gasteiger charge is -2.21. The molecule has 0 aliphatic carbocycles. The van der Waals surface area contributed by atoms with Crippen LogP contribution in [0.5, 0.6) is 11.5 Å². The predicted octanol–water partition coefficient (Wildman–Crippen LogP) is 5.69. The zero-order valence-electron chi connectivity index (χ0n) is 22.2. The van der Waals surface area contributed by atoms with E-state index in [9.17, 15) is 18.0 Å². The smallest absolute Gasteiger partial charge is 0.260 e. The van der Waals surface area contributed by atoms with Crippen molar-refractivity contribution in [3.63, 3.8) is 0 Å². The van der Waals surface area contributed by atoms with Crippen molar-refractivity contribution >= 4 is 50.5 Å². The summed E-state index contributed by atoms with van der Waals surface area (Å²) in [4.78, 5) is 25.2. The van der Waals surface area contributed by atoms with Crippen LogP contribution in [0.25, 0.3) is 0 Å². The number of hydrazone groups is 1. The number of ether oxygens (including phenoxy) is 1. The van der Waals surface area contributed by atoms with Crippen molar-refractivity contribution in [1.29, 1.82) is 0 Å². The summed E-state index contributed by atoms with van der Waals surface area (Å²) in [6.45, 7) is 1.20. The number of amides is 2. The summed E-state index contributed by atoms with van der Waals surface area (Å²) in [6.07, 6.45) is 1.02. The maximum Gasteiger partial charge on any atom is 0.260 e. The SMILES string of the molecule is C/C(=N/NC(=O)CN(c1ccc(Oc2ccccc2)cc1)S(C)(=O)=O)c1cccc(NC(=O)c2cccc(Cl)c2)c1. The lowest BCUT2D eigenvalue weighted by atomic mass is 10.1. The monoisotopic (exact) mass is 590 g/mol. The molecule has 0 unspecified atom stereocenters. The van der Waals surface area contributed by atoms with Crippen molar-refractivity contribution in [2.75, 3.05) is 22.4 Å². The number of nitrogens with one attached hydrogen (secondary N) is 2. The maximum absolute atomic E-state index is 12.7. The predicted molar refractivity (Wildman–Crippen MR) is 161 cm³/mol. The molecule has 4 aromatic rings. The number of hydrogen-bond donors (Lipinski definition) is 2. The molecule has 0 atom stereocenters. The van der Waals surface area contributed by atoms with E-state index in [1.165, 1.54) is 0 Å². The molecule has 0 fully saturated rings. The summed E-state index contributed by atoms with van der Waals surface area (Å²) in [5, 5.41) is 7.37. The average Bonchev–Trinajstić information content (AvgIpc) is 2.95. The number of anilines is 2. The van der Waals surface area contributed by atoms with Gasteiger partial charge in [0, 0.05) is 16.3 Å². The van der Waals surface area contributed by atoms with E-state index in [1.807, 2.05) is 18.2 Å². The van der Waals surface area contributed by atoms with Gasteiger partial charge in [-0.25, -0.2) is 13.8 Å². The number of rotatable bonds is 10. The number of sulfonamides is 1. The Balaban J connectivity index is 1.40. The van der Waals surface area contributed by atoms with E-state index in [0.717, 1.165) is 10.6 Å². The lowest BCUT2D eigenvalue weighted by Crippen LogP contribution is -2.39. The highest BCUT2D eigenvalue weighted by molar-refractivity contribution is 7.92. The van der Waals surface area contributed by atoms with Gasteiger partial charge in [-0.3, -0.25) is 13.9 Å². The normalized spacial score (nSPS) is 11.4. The van der Waals surface area contributed by atoms with Crippen LogP contribution in [0.4, 0.5) is 11.4 Å². The van der Waals surface area contributed by atoms with Gasteiger partial charge in [0.2, 0.25) is 10.0 Å². The molecule has 41 heavy (non-hydrogen) atoms. The molecule has 0 saturated heterocycles. The minimum absolute atomic E-state index is 0.298. The van der Waals surface area contributed by atoms with E-state index in [0.29, 0.717) is 44.7 Å². The van der Waals surface area contributed by atoms with Crippen LogP contribution in [0.15, 0.2) is 108 Å². The Morgan fingerprint density at radius 1 is 0.854 bits per heavy atom. The average molecular weight is 591 g/mol. The van der Waals surface area contributed by atoms with Crippen LogP contribution >= 0.6 is 11.6 Å². The second-order valence-electron chi connectivity index (χ2n) is 8.96. The number of carbonyl (C=O) groups excluding carboxylic acids is 2. The lowest BCUT2D eigenvalue weighted by molar-refractivity contribution is -0.119. The van der Waals surface area contributed by atoms with Crippen LogP contribution in [0.1, 0.15) is 22.8 Å². The number of halogens is 1. The van der Waals surface area contributed by atoms with Crippen molar-refractivity contribution in [1.82, 2.24) is 5.43 Å². The van der Waals surface area contributed by atoms with Gasteiger partial charge in [0.05, 0.1) is 17.7 Å². The summed E-state index contributed by atoms with van der Waals surface area (Å²) in [5.74, 6) is 0.198. The third kappa shape index (κ3) is 8.41. The molecule has 0 aromatic heterocycles. The molecule has 0 spiro atoms. The highest BCUT2D eigenvalue weighted by atomic mass is 35.5. The summed E-state index contributed by atoms with van der Waals surface area (Å²) >= 11 is 5.97. The van der Waals surface area contributed by atoms with Crippen LogP contribution in [-0.4, -0.2) is 38.7 Å². The molecule has 2 N–H and O–H groups in total. The molecular weight excluding hydrogens is 564 g/mol. The van der Waals surface area contributed by atoms with Crippen molar-refractivity contribution in [3.8, 4) is 11.5 Å². The largest absolute Gasteiger partial charge is 0.457 e. The van der Waals surface area contributed by atoms with E-state index in [1.54, 1.807) is 91.9 Å². The third-order valence-corrected chi connectivity index (χ3v) is 7.14. The Morgan fingerprint density at radius 2 is 1.51 bits per heavy atom. The first-order chi connectivity index (χ1) is 19.6. The van der Waals surface area contributed by atoms with Crippen molar-refractivity contribution in [2.24, 2.45) is 5.10 Å². The molecule has 11 heteroatoms. The maximum atomic E-state index is 12.7. The van der Waals surface area contributed by atoms with Gasteiger partial charge >= 0.3 is 0 Å². The third-order valence-electron chi connectivity index (χ3n) is 5.76. The van der Waals surface area contributed by atoms with Gasteiger partial charge in [-0.15, -0.1) is 0 Å². The second-order valence-corrected chi connectivity index (χ2v) is 11.3. The van der Waals surface area contributed by atoms with Gasteiger partial charge in [0.15, 0.2) is 0 Å². The van der Waals surface area contributed by atoms with Crippen molar-refractivity contribution in [3.05, 3.63) is 119 Å². The Bertz CT molecular complexity index is 1680. The molecule has 0 heterocycles. The molecule has 2 amide bonds. The van der Waals surface area contributed by atoms with Crippen LogP contribution in [0.3, 0.4) is 0 Å². The van der Waals surface area contributed by atoms with Crippen molar-refractivity contribution < 1.29 is 22.7 Å². The van der Waals surface area contributed by atoms with Gasteiger partial charge < -0.3 is 10.1 Å². The van der Waals surface area contributed by atoms with E-state index in [-0.39, 0.29) is 5.91 Å². The molecule has 4 aromatic carbocycles. The van der Waals surface area contributed by atoms with Gasteiger partial charge in [0.1, 0.15) is 18.0 Å². The fourth-order valence-corrected chi connectivity index (χ4v) is 4.78. The summed E-state index contributed by atoms with van der Waals surface area (Å²) in [6, 6.07) is 29.0. The van der Waals surface area contributed by atoms with E-state index in [4.69, 9.17) is 16.3 Å². The fourth-order valence-electron chi connectivity index (χ4n) is 3.74. The number of para-hydroxylation sites is 1. The van der Waals surface area contributed by atoms with Gasteiger partial charge in [-0.1, -0.05) is 48.0 Å². The topological polar surface area (TPSA) is 117 Å². The van der Waals surface area contributed by atoms with Gasteiger partial charge in [-0.2, -0.15) is 5.10 Å². The zero-order valence-corrected chi connectivity index (χ0v) is 23.8. The Labute approximate surface area is 243 Å². The van der Waals surface area contributed by atoms with E-state index >= 15 is 0 Å². The summed E-state index contributed by atoms with van der Waals surface area (Å²) in [7, 11) is -3.78. The molecule has 210 valence electrons. The quantitative estimate of drug-likeness (QED) is 0.182. The van der Waals surface area contributed by atoms with Gasteiger partial charge in [0.25, 0.3) is 11.8 Å². The molecule has 0 saturated carbocycles. The number of nitrogens with zero attached hydrogens (tertiary/aromatic N) is 2. The molecule has 0 aliphatic heterocycles. The Morgan fingerprint density at radius 3 is 2.20 bits per heavy atom. The van der Waals surface area contributed by atoms with Crippen LogP contribution < -0.4 is 19.8 Å². The minimum atomic E-state index is -3.78. The molecule has 9 nitrogen and oxygen atoms in total. The summed E-state index contributed by atoms with van der Waals surface area (Å²) in [5.41, 5.74) is 4.73. The molecule has 0 radical (unpaired) electrons. The van der Waals surface area contributed by atoms with Crippen LogP contribution in [-0.2, 0) is 14.8 Å². The highest BCUT2D eigenvalue weighted by Gasteiger charge is 2.21. The molecule has 4 rings (SSSR count). The Kier molecular flexibility index (Phi) is 9.38. The second kappa shape index (κ2) is 13.1. The van der Waals surface area contributed by atoms with Gasteiger partial charge in [-0.05, 0) is 79.2 Å². The fraction of sp³-hybridized carbons (Fsp3) is 0.100. The number of carbonyl (C=O) groups is 2. The number of benzene rings is 4. The van der Waals surface area contributed by atoms with Crippen LogP contribution in [0.2, 0.25) is 5.02 Å². The van der Waals surface area contributed by atoms with E-state index in [2.05, 4.69) is 15.8 Å². The Hall–Kier alpha value is -4.67. The molecule has 0 bridgehead atoms. The first-order valence-corrected chi connectivity index (χ1v) is 14.6. The molecule has 0 aliphatic rings. The first-order valence-electron chi connectivity index (χ1n) is 12.4. The van der Waals surface area contributed by atoms with E-state index < -0.39 is 22.5 Å². The summed E-state index contributed by atoms with van der Waals surface area (Å²) < 4.78 is 31.7. The first kappa shape index (κ1) is 29.3. The highest BCUT2D eigenvalue weighted by Crippen LogP contribution is 2.25. The van der Waals surface area contributed by atoms with Crippen LogP contribution in [0, 0.1) is 0 Å². The molecular formula is C30H27ClN4O5S. The minimum Gasteiger partial charge on any atom is -0.457 e. The van der Waals surface area contributed by atoms with Crippen molar-refractivity contribution in [2.45, 2.75) is 6.92 Å².